The van der Waals surface area contributed by atoms with Crippen molar-refractivity contribution in [3.63, 3.8) is 0 Å². The summed E-state index contributed by atoms with van der Waals surface area (Å²) >= 11 is 0. The zero-order chi connectivity index (χ0) is 22.9. The fraction of sp³-hybridized carbons (Fsp3) is 0.217. The lowest BCUT2D eigenvalue weighted by atomic mass is 9.93. The van der Waals surface area contributed by atoms with Crippen LogP contribution in [-0.2, 0) is 25.6 Å². The Morgan fingerprint density at radius 3 is 1.53 bits per heavy atom. The molecule has 0 aliphatic heterocycles. The van der Waals surface area contributed by atoms with Gasteiger partial charge in [-0.2, -0.15) is 0 Å². The van der Waals surface area contributed by atoms with Gasteiger partial charge in [0.05, 0.1) is 6.42 Å². The highest BCUT2D eigenvalue weighted by atomic mass is 16.4. The molecule has 0 aromatic heterocycles. The summed E-state index contributed by atoms with van der Waals surface area (Å²) < 4.78 is 0. The number of ketones is 1. The monoisotopic (exact) mass is 414 g/mol. The predicted molar refractivity (Wildman–Crippen MR) is 112 cm³/mol. The summed E-state index contributed by atoms with van der Waals surface area (Å²) in [5.41, 5.74) is 2.32. The van der Waals surface area contributed by atoms with E-state index in [0.29, 0.717) is 18.6 Å². The number of Topliss-reactive ketones (excluding diaryl/α,β-unsaturated/α-hetero) is 1. The number of carboxylic acids is 3. The first kappa shape index (κ1) is 26.3. The highest BCUT2D eigenvalue weighted by Crippen LogP contribution is 2.13. The third-order valence-corrected chi connectivity index (χ3v) is 3.63. The van der Waals surface area contributed by atoms with Crippen molar-refractivity contribution in [1.82, 2.24) is 0 Å². The van der Waals surface area contributed by atoms with Gasteiger partial charge in [-0.05, 0) is 25.8 Å². The van der Waals surface area contributed by atoms with E-state index in [0.717, 1.165) is 5.56 Å². The number of hydrogen-bond acceptors (Lipinski definition) is 4. The molecule has 0 saturated carbocycles. The number of aliphatic carboxylic acids is 3. The van der Waals surface area contributed by atoms with Gasteiger partial charge in [-0.1, -0.05) is 66.2 Å². The Bertz CT molecular complexity index is 811. The molecule has 2 aromatic carbocycles. The fourth-order valence-electron chi connectivity index (χ4n) is 2.15. The van der Waals surface area contributed by atoms with E-state index in [-0.39, 0.29) is 12.2 Å². The molecule has 3 N–H and O–H groups in total. The molecule has 30 heavy (non-hydrogen) atoms. The second-order valence-electron chi connectivity index (χ2n) is 6.26. The molecule has 0 amide bonds. The summed E-state index contributed by atoms with van der Waals surface area (Å²) in [6, 6.07) is 19.7. The van der Waals surface area contributed by atoms with Gasteiger partial charge in [0.15, 0.2) is 0 Å². The van der Waals surface area contributed by atoms with E-state index in [4.69, 9.17) is 15.3 Å². The maximum absolute atomic E-state index is 11.2. The van der Waals surface area contributed by atoms with Crippen LogP contribution in [-0.4, -0.2) is 39.0 Å². The van der Waals surface area contributed by atoms with Crippen LogP contribution in [0.5, 0.6) is 0 Å². The Hall–Kier alpha value is -3.74. The molecule has 2 aromatic rings. The largest absolute Gasteiger partial charge is 0.481 e. The van der Waals surface area contributed by atoms with E-state index in [1.165, 1.54) is 12.5 Å². The normalized spacial score (nSPS) is 10.6. The maximum Gasteiger partial charge on any atom is 0.328 e. The Morgan fingerprint density at radius 1 is 0.800 bits per heavy atom. The van der Waals surface area contributed by atoms with E-state index in [1.807, 2.05) is 48.5 Å². The standard InChI is InChI=1S/C12H14O3.C7H8.C4H4O4/c1-9(13)11(8-12(14)15)7-10-5-3-2-4-6-10;1-7-5-3-2-4-6-7;5-3(6)1-2-4(7)8/h2-6,11H,7-8H2,1H3,(H,14,15);2-6H,1H3;1-2H,(H,5,6)(H,7,8)/b;;2-1+. The summed E-state index contributed by atoms with van der Waals surface area (Å²) in [6.45, 7) is 3.52. The van der Waals surface area contributed by atoms with Crippen LogP contribution in [0.1, 0.15) is 24.5 Å². The van der Waals surface area contributed by atoms with Crippen LogP contribution in [0.2, 0.25) is 0 Å². The minimum Gasteiger partial charge on any atom is -0.481 e. The average molecular weight is 414 g/mol. The zero-order valence-electron chi connectivity index (χ0n) is 16.9. The molecule has 160 valence electrons. The molecule has 0 aliphatic carbocycles. The lowest BCUT2D eigenvalue weighted by Gasteiger charge is -2.10. The van der Waals surface area contributed by atoms with Crippen LogP contribution in [0.15, 0.2) is 72.8 Å². The second kappa shape index (κ2) is 15.2. The molecular formula is C23H26O7. The average Bonchev–Trinajstić information content (AvgIpc) is 2.68. The summed E-state index contributed by atoms with van der Waals surface area (Å²) in [5.74, 6) is -3.92. The number of carboxylic acid groups (broad SMARTS) is 3. The smallest absolute Gasteiger partial charge is 0.328 e. The van der Waals surface area contributed by atoms with Crippen LogP contribution in [0.3, 0.4) is 0 Å². The topological polar surface area (TPSA) is 129 Å². The second-order valence-corrected chi connectivity index (χ2v) is 6.26. The molecule has 7 nitrogen and oxygen atoms in total. The van der Waals surface area contributed by atoms with Gasteiger partial charge in [0.25, 0.3) is 0 Å². The van der Waals surface area contributed by atoms with E-state index in [9.17, 15) is 19.2 Å². The molecule has 0 heterocycles. The van der Waals surface area contributed by atoms with Crippen molar-refractivity contribution in [1.29, 1.82) is 0 Å². The molecule has 0 aliphatic rings. The molecule has 0 fully saturated rings. The fourth-order valence-corrected chi connectivity index (χ4v) is 2.15. The predicted octanol–water partition coefficient (Wildman–Crippen LogP) is 3.62. The van der Waals surface area contributed by atoms with E-state index >= 15 is 0 Å². The molecule has 0 spiro atoms. The third kappa shape index (κ3) is 15.3. The number of rotatable bonds is 7. The molecular weight excluding hydrogens is 388 g/mol. The number of carbonyl (C=O) groups is 4. The molecule has 0 bridgehead atoms. The lowest BCUT2D eigenvalue weighted by Crippen LogP contribution is -2.18. The maximum atomic E-state index is 11.2. The van der Waals surface area contributed by atoms with Crippen LogP contribution < -0.4 is 0 Å². The van der Waals surface area contributed by atoms with Crippen molar-refractivity contribution < 1.29 is 34.5 Å². The van der Waals surface area contributed by atoms with Gasteiger partial charge in [-0.3, -0.25) is 9.59 Å². The minimum atomic E-state index is -1.26. The molecule has 0 radical (unpaired) electrons. The number of hydrogen-bond donors (Lipinski definition) is 3. The molecule has 1 unspecified atom stereocenters. The summed E-state index contributed by atoms with van der Waals surface area (Å²) in [7, 11) is 0. The van der Waals surface area contributed by atoms with Crippen molar-refractivity contribution in [2.24, 2.45) is 5.92 Å². The molecule has 7 heteroatoms. The first-order chi connectivity index (χ1) is 14.1. The quantitative estimate of drug-likeness (QED) is 0.590. The molecule has 1 atom stereocenters. The first-order valence-corrected chi connectivity index (χ1v) is 9.03. The zero-order valence-corrected chi connectivity index (χ0v) is 16.9. The van der Waals surface area contributed by atoms with Gasteiger partial charge >= 0.3 is 17.9 Å². The highest BCUT2D eigenvalue weighted by Gasteiger charge is 2.18. The SMILES string of the molecule is CC(=O)C(CC(=O)O)Cc1ccccc1.Cc1ccccc1.O=C(O)/C=C/C(=O)O. The van der Waals surface area contributed by atoms with Crippen LogP contribution in [0, 0.1) is 12.8 Å². The number of aryl methyl sites for hydroxylation is 1. The first-order valence-electron chi connectivity index (χ1n) is 9.03. The van der Waals surface area contributed by atoms with Crippen molar-refractivity contribution in [3.8, 4) is 0 Å². The Morgan fingerprint density at radius 2 is 1.23 bits per heavy atom. The van der Waals surface area contributed by atoms with Crippen molar-refractivity contribution >= 4 is 23.7 Å². The minimum absolute atomic E-state index is 0.0683. The number of carbonyl (C=O) groups excluding carboxylic acids is 1. The van der Waals surface area contributed by atoms with Crippen molar-refractivity contribution in [2.45, 2.75) is 26.7 Å². The van der Waals surface area contributed by atoms with Crippen LogP contribution in [0.4, 0.5) is 0 Å². The van der Waals surface area contributed by atoms with E-state index < -0.39 is 23.8 Å². The Kier molecular flexibility index (Phi) is 13.3. The summed E-state index contributed by atoms with van der Waals surface area (Å²) in [5, 5.41) is 24.3. The van der Waals surface area contributed by atoms with Crippen molar-refractivity contribution in [3.05, 3.63) is 83.9 Å². The van der Waals surface area contributed by atoms with Crippen LogP contribution >= 0.6 is 0 Å². The van der Waals surface area contributed by atoms with Crippen LogP contribution in [0.25, 0.3) is 0 Å². The van der Waals surface area contributed by atoms with Gasteiger partial charge in [0.1, 0.15) is 5.78 Å². The Labute approximate surface area is 175 Å². The van der Waals surface area contributed by atoms with Gasteiger partial charge < -0.3 is 15.3 Å². The van der Waals surface area contributed by atoms with Gasteiger partial charge in [0.2, 0.25) is 0 Å². The number of benzene rings is 2. The summed E-state index contributed by atoms with van der Waals surface area (Å²) in [4.78, 5) is 40.9. The Balaban J connectivity index is 0.000000471. The van der Waals surface area contributed by atoms with Gasteiger partial charge in [-0.25, -0.2) is 9.59 Å². The van der Waals surface area contributed by atoms with Gasteiger partial charge in [-0.15, -0.1) is 0 Å². The molecule has 0 saturated heterocycles. The van der Waals surface area contributed by atoms with Gasteiger partial charge in [0, 0.05) is 18.1 Å². The lowest BCUT2D eigenvalue weighted by molar-refractivity contribution is -0.140. The van der Waals surface area contributed by atoms with Crippen molar-refractivity contribution in [2.75, 3.05) is 0 Å². The van der Waals surface area contributed by atoms with E-state index in [2.05, 4.69) is 19.1 Å². The molecule has 2 rings (SSSR count). The highest BCUT2D eigenvalue weighted by molar-refractivity contribution is 5.89. The summed E-state index contributed by atoms with van der Waals surface area (Å²) in [6.07, 6.45) is 1.53. The third-order valence-electron chi connectivity index (χ3n) is 3.63. The van der Waals surface area contributed by atoms with E-state index in [1.54, 1.807) is 0 Å².